The van der Waals surface area contributed by atoms with Crippen molar-refractivity contribution in [2.45, 2.75) is 51.2 Å². The van der Waals surface area contributed by atoms with Crippen LogP contribution in [0.1, 0.15) is 40.0 Å². The Labute approximate surface area is 98.1 Å². The molecule has 4 nitrogen and oxygen atoms in total. The van der Waals surface area contributed by atoms with E-state index < -0.39 is 5.60 Å². The van der Waals surface area contributed by atoms with Gasteiger partial charge < -0.3 is 15.4 Å². The van der Waals surface area contributed by atoms with Crippen molar-refractivity contribution in [3.8, 4) is 0 Å². The molecule has 1 aliphatic rings. The normalized spacial score (nSPS) is 21.8. The maximum atomic E-state index is 11.7. The van der Waals surface area contributed by atoms with Crippen molar-refractivity contribution < 1.29 is 9.53 Å². The number of carbonyl (C=O) groups excluding carboxylic acids is 1. The van der Waals surface area contributed by atoms with Crippen molar-refractivity contribution >= 4 is 5.97 Å². The number of nitrogens with two attached hydrogens (primary N) is 1. The zero-order chi connectivity index (χ0) is 12.4. The first kappa shape index (κ1) is 13.5. The summed E-state index contributed by atoms with van der Waals surface area (Å²) in [6.45, 7) is 7.55. The summed E-state index contributed by atoms with van der Waals surface area (Å²) in [6.07, 6.45) is 2.06. The first-order valence-electron chi connectivity index (χ1n) is 5.89. The molecule has 4 heteroatoms. The fraction of sp³-hybridized carbons (Fsp3) is 0.917. The minimum Gasteiger partial charge on any atom is -0.460 e. The van der Waals surface area contributed by atoms with Crippen LogP contribution < -0.4 is 5.73 Å². The van der Waals surface area contributed by atoms with Gasteiger partial charge in [0, 0.05) is 5.54 Å². The average Bonchev–Trinajstić information content (AvgIpc) is 2.07. The Morgan fingerprint density at radius 2 is 1.88 bits per heavy atom. The minimum absolute atomic E-state index is 0.181. The molecule has 0 aromatic carbocycles. The molecule has 1 aliphatic heterocycles. The summed E-state index contributed by atoms with van der Waals surface area (Å²) in [4.78, 5) is 13.9. The summed E-state index contributed by atoms with van der Waals surface area (Å²) in [7, 11) is 2.08. The molecule has 1 fully saturated rings. The Balaban J connectivity index is 2.44. The zero-order valence-electron chi connectivity index (χ0n) is 10.9. The number of carbonyl (C=O) groups is 1. The van der Waals surface area contributed by atoms with Crippen LogP contribution >= 0.6 is 0 Å². The van der Waals surface area contributed by atoms with Crippen LogP contribution in [0.3, 0.4) is 0 Å². The minimum atomic E-state index is -0.418. The summed E-state index contributed by atoms with van der Waals surface area (Å²) >= 11 is 0. The fourth-order valence-electron chi connectivity index (χ4n) is 1.91. The van der Waals surface area contributed by atoms with E-state index in [0.29, 0.717) is 6.42 Å². The molecule has 0 amide bonds. The van der Waals surface area contributed by atoms with E-state index in [2.05, 4.69) is 11.9 Å². The van der Waals surface area contributed by atoms with E-state index in [1.165, 1.54) is 0 Å². The summed E-state index contributed by atoms with van der Waals surface area (Å²) in [5, 5.41) is 0. The first-order chi connectivity index (χ1) is 7.20. The van der Waals surface area contributed by atoms with E-state index in [0.717, 1.165) is 25.9 Å². The largest absolute Gasteiger partial charge is 0.460 e. The van der Waals surface area contributed by atoms with Crippen LogP contribution in [0.5, 0.6) is 0 Å². The standard InChI is InChI=1S/C12H24N2O2/c1-11(2,3)16-10(15)9-12(13)5-7-14(4)8-6-12/h5-9,13H2,1-4H3. The van der Waals surface area contributed by atoms with E-state index >= 15 is 0 Å². The van der Waals surface area contributed by atoms with E-state index in [4.69, 9.17) is 10.5 Å². The molecule has 0 aromatic rings. The first-order valence-corrected chi connectivity index (χ1v) is 5.89. The van der Waals surface area contributed by atoms with Gasteiger partial charge in [0.2, 0.25) is 0 Å². The quantitative estimate of drug-likeness (QED) is 0.720. The van der Waals surface area contributed by atoms with Crippen LogP contribution in [-0.4, -0.2) is 42.1 Å². The van der Waals surface area contributed by atoms with Gasteiger partial charge in [-0.2, -0.15) is 0 Å². The molecule has 2 N–H and O–H groups in total. The summed E-state index contributed by atoms with van der Waals surface area (Å²) in [5.74, 6) is -0.181. The summed E-state index contributed by atoms with van der Waals surface area (Å²) in [5.41, 5.74) is 5.43. The molecule has 0 saturated carbocycles. The van der Waals surface area contributed by atoms with Crippen LogP contribution in [0, 0.1) is 0 Å². The van der Waals surface area contributed by atoms with Gasteiger partial charge >= 0.3 is 5.97 Å². The summed E-state index contributed by atoms with van der Waals surface area (Å²) < 4.78 is 5.30. The third-order valence-corrected chi connectivity index (χ3v) is 2.90. The highest BCUT2D eigenvalue weighted by molar-refractivity contribution is 5.71. The van der Waals surface area contributed by atoms with Crippen molar-refractivity contribution in [1.29, 1.82) is 0 Å². The second kappa shape index (κ2) is 4.72. The number of nitrogens with zero attached hydrogens (tertiary/aromatic N) is 1. The van der Waals surface area contributed by atoms with Crippen LogP contribution in [0.15, 0.2) is 0 Å². The van der Waals surface area contributed by atoms with Crippen LogP contribution in [0.4, 0.5) is 0 Å². The molecule has 0 aromatic heterocycles. The number of esters is 1. The Bertz CT molecular complexity index is 250. The lowest BCUT2D eigenvalue weighted by Crippen LogP contribution is -2.51. The molecule has 1 heterocycles. The molecule has 0 aliphatic carbocycles. The molecule has 0 radical (unpaired) electrons. The van der Waals surface area contributed by atoms with E-state index in [-0.39, 0.29) is 11.5 Å². The topological polar surface area (TPSA) is 55.6 Å². The third-order valence-electron chi connectivity index (χ3n) is 2.90. The smallest absolute Gasteiger partial charge is 0.308 e. The number of piperidine rings is 1. The fourth-order valence-corrected chi connectivity index (χ4v) is 1.91. The van der Waals surface area contributed by atoms with Crippen LogP contribution in [0.25, 0.3) is 0 Å². The molecular weight excluding hydrogens is 204 g/mol. The van der Waals surface area contributed by atoms with E-state index in [1.807, 2.05) is 20.8 Å². The monoisotopic (exact) mass is 228 g/mol. The van der Waals surface area contributed by atoms with Crippen molar-refractivity contribution in [2.75, 3.05) is 20.1 Å². The lowest BCUT2D eigenvalue weighted by Gasteiger charge is -2.37. The molecule has 16 heavy (non-hydrogen) atoms. The maximum Gasteiger partial charge on any atom is 0.308 e. The van der Waals surface area contributed by atoms with Crippen molar-refractivity contribution in [2.24, 2.45) is 5.73 Å². The van der Waals surface area contributed by atoms with Gasteiger partial charge in [0.25, 0.3) is 0 Å². The van der Waals surface area contributed by atoms with Crippen molar-refractivity contribution in [3.05, 3.63) is 0 Å². The molecule has 94 valence electrons. The van der Waals surface area contributed by atoms with Gasteiger partial charge in [0.15, 0.2) is 0 Å². The maximum absolute atomic E-state index is 11.7. The van der Waals surface area contributed by atoms with Gasteiger partial charge in [-0.05, 0) is 53.8 Å². The van der Waals surface area contributed by atoms with Gasteiger partial charge in [0.05, 0.1) is 6.42 Å². The Morgan fingerprint density at radius 3 is 2.31 bits per heavy atom. The highest BCUT2D eigenvalue weighted by Crippen LogP contribution is 2.23. The molecule has 0 spiro atoms. The second-order valence-electron chi connectivity index (χ2n) is 5.93. The predicted octanol–water partition coefficient (Wildman–Crippen LogP) is 1.14. The number of hydrogen-bond donors (Lipinski definition) is 1. The SMILES string of the molecule is CN1CCC(N)(CC(=O)OC(C)(C)C)CC1. The number of rotatable bonds is 2. The highest BCUT2D eigenvalue weighted by Gasteiger charge is 2.33. The van der Waals surface area contributed by atoms with Gasteiger partial charge in [-0.15, -0.1) is 0 Å². The average molecular weight is 228 g/mol. The van der Waals surface area contributed by atoms with Crippen LogP contribution in [-0.2, 0) is 9.53 Å². The van der Waals surface area contributed by atoms with Crippen molar-refractivity contribution in [3.63, 3.8) is 0 Å². The molecule has 0 atom stereocenters. The number of ether oxygens (including phenoxy) is 1. The molecule has 1 rings (SSSR count). The van der Waals surface area contributed by atoms with Crippen molar-refractivity contribution in [1.82, 2.24) is 4.90 Å². The highest BCUT2D eigenvalue weighted by atomic mass is 16.6. The Hall–Kier alpha value is -0.610. The van der Waals surface area contributed by atoms with Gasteiger partial charge in [0.1, 0.15) is 5.60 Å². The van der Waals surface area contributed by atoms with Gasteiger partial charge in [-0.1, -0.05) is 0 Å². The lowest BCUT2D eigenvalue weighted by atomic mass is 9.85. The second-order valence-corrected chi connectivity index (χ2v) is 5.93. The Kier molecular flexibility index (Phi) is 3.97. The molecule has 1 saturated heterocycles. The zero-order valence-corrected chi connectivity index (χ0v) is 10.9. The van der Waals surface area contributed by atoms with Crippen LogP contribution in [0.2, 0.25) is 0 Å². The number of likely N-dealkylation sites (tertiary alicyclic amines) is 1. The van der Waals surface area contributed by atoms with E-state index in [9.17, 15) is 4.79 Å². The third kappa shape index (κ3) is 4.49. The Morgan fingerprint density at radius 1 is 1.38 bits per heavy atom. The molecular formula is C12H24N2O2. The summed E-state index contributed by atoms with van der Waals surface area (Å²) in [6, 6.07) is 0. The predicted molar refractivity (Wildman–Crippen MR) is 64.1 cm³/mol. The number of hydrogen-bond acceptors (Lipinski definition) is 4. The van der Waals surface area contributed by atoms with Gasteiger partial charge in [-0.3, -0.25) is 4.79 Å². The molecule has 0 unspecified atom stereocenters. The molecule has 0 bridgehead atoms. The lowest BCUT2D eigenvalue weighted by molar-refractivity contribution is -0.156. The van der Waals surface area contributed by atoms with Gasteiger partial charge in [-0.25, -0.2) is 0 Å². The van der Waals surface area contributed by atoms with E-state index in [1.54, 1.807) is 0 Å².